The number of aromatic hydroxyl groups is 1. The molecule has 5 heteroatoms. The zero-order chi connectivity index (χ0) is 14.0. The van der Waals surface area contributed by atoms with Crippen LogP contribution in [0.25, 0.3) is 0 Å². The fraction of sp³-hybridized carbons (Fsp3) is 0.0714. The Labute approximate surface area is 108 Å². The summed E-state index contributed by atoms with van der Waals surface area (Å²) in [5.41, 5.74) is 0.665. The van der Waals surface area contributed by atoms with Gasteiger partial charge in [-0.1, -0.05) is 11.6 Å². The van der Waals surface area contributed by atoms with Gasteiger partial charge in [0.2, 0.25) is 0 Å². The Kier molecular flexibility index (Phi) is 3.46. The van der Waals surface area contributed by atoms with Gasteiger partial charge in [0.1, 0.15) is 17.4 Å². The molecule has 19 heavy (non-hydrogen) atoms. The van der Waals surface area contributed by atoms with E-state index in [0.717, 1.165) is 17.7 Å². The molecule has 2 N–H and O–H groups in total. The van der Waals surface area contributed by atoms with Gasteiger partial charge in [-0.25, -0.2) is 8.78 Å². The van der Waals surface area contributed by atoms with Crippen LogP contribution in [0.15, 0.2) is 36.4 Å². The number of phenolic OH excluding ortho intramolecular Hbond substituents is 1. The van der Waals surface area contributed by atoms with Gasteiger partial charge in [0.15, 0.2) is 0 Å². The van der Waals surface area contributed by atoms with Gasteiger partial charge in [0.05, 0.1) is 11.3 Å². The van der Waals surface area contributed by atoms with Crippen LogP contribution in [0.2, 0.25) is 0 Å². The molecule has 2 rings (SSSR count). The Hall–Kier alpha value is -2.43. The van der Waals surface area contributed by atoms with Crippen molar-refractivity contribution in [3.63, 3.8) is 0 Å². The van der Waals surface area contributed by atoms with E-state index >= 15 is 0 Å². The first-order valence-corrected chi connectivity index (χ1v) is 5.53. The molecule has 0 radical (unpaired) electrons. The van der Waals surface area contributed by atoms with Gasteiger partial charge in [-0.2, -0.15) is 0 Å². The Morgan fingerprint density at radius 1 is 1.16 bits per heavy atom. The Balaban J connectivity index is 2.28. The topological polar surface area (TPSA) is 49.3 Å². The number of phenols is 1. The SMILES string of the molecule is Cc1ccc(O)c(C(=O)Nc2ccc(F)cc2F)c1. The highest BCUT2D eigenvalue weighted by molar-refractivity contribution is 6.06. The summed E-state index contributed by atoms with van der Waals surface area (Å²) in [4.78, 5) is 11.9. The normalized spacial score (nSPS) is 10.3. The van der Waals surface area contributed by atoms with Gasteiger partial charge in [-0.05, 0) is 31.2 Å². The molecule has 98 valence electrons. The lowest BCUT2D eigenvalue weighted by Gasteiger charge is -2.08. The number of aryl methyl sites for hydroxylation is 1. The van der Waals surface area contributed by atoms with E-state index in [4.69, 9.17) is 0 Å². The fourth-order valence-electron chi connectivity index (χ4n) is 1.61. The van der Waals surface area contributed by atoms with Crippen molar-refractivity contribution in [2.24, 2.45) is 0 Å². The second-order valence-corrected chi connectivity index (χ2v) is 4.10. The Bertz CT molecular complexity index is 641. The number of nitrogens with one attached hydrogen (secondary N) is 1. The number of hydrogen-bond donors (Lipinski definition) is 2. The van der Waals surface area contributed by atoms with Crippen molar-refractivity contribution in [1.82, 2.24) is 0 Å². The maximum Gasteiger partial charge on any atom is 0.259 e. The van der Waals surface area contributed by atoms with E-state index in [0.29, 0.717) is 6.07 Å². The zero-order valence-corrected chi connectivity index (χ0v) is 10.1. The average molecular weight is 263 g/mol. The molecule has 1 amide bonds. The summed E-state index contributed by atoms with van der Waals surface area (Å²) >= 11 is 0. The van der Waals surface area contributed by atoms with Crippen LogP contribution in [0.3, 0.4) is 0 Å². The molecule has 0 saturated heterocycles. The number of anilines is 1. The summed E-state index contributed by atoms with van der Waals surface area (Å²) in [6.07, 6.45) is 0. The lowest BCUT2D eigenvalue weighted by molar-refractivity contribution is 0.102. The molecule has 0 spiro atoms. The van der Waals surface area contributed by atoms with Crippen LogP contribution in [0.4, 0.5) is 14.5 Å². The van der Waals surface area contributed by atoms with E-state index in [1.54, 1.807) is 13.0 Å². The highest BCUT2D eigenvalue weighted by Gasteiger charge is 2.13. The predicted molar refractivity (Wildman–Crippen MR) is 67.2 cm³/mol. The van der Waals surface area contributed by atoms with Gasteiger partial charge in [0, 0.05) is 6.07 Å². The third-order valence-corrected chi connectivity index (χ3v) is 2.58. The van der Waals surface area contributed by atoms with E-state index in [9.17, 15) is 18.7 Å². The predicted octanol–water partition coefficient (Wildman–Crippen LogP) is 3.23. The number of rotatable bonds is 2. The zero-order valence-electron chi connectivity index (χ0n) is 10.1. The molecule has 0 bridgehead atoms. The molecule has 0 aliphatic heterocycles. The van der Waals surface area contributed by atoms with Gasteiger partial charge in [-0.3, -0.25) is 4.79 Å². The monoisotopic (exact) mass is 263 g/mol. The Morgan fingerprint density at radius 3 is 2.58 bits per heavy atom. The van der Waals surface area contributed by atoms with Crippen LogP contribution in [0, 0.1) is 18.6 Å². The molecular weight excluding hydrogens is 252 g/mol. The summed E-state index contributed by atoms with van der Waals surface area (Å²) in [6, 6.07) is 7.33. The van der Waals surface area contributed by atoms with Crippen molar-refractivity contribution in [3.8, 4) is 5.75 Å². The minimum absolute atomic E-state index is 0.0312. The smallest absolute Gasteiger partial charge is 0.259 e. The number of hydrogen-bond acceptors (Lipinski definition) is 2. The van der Waals surface area contributed by atoms with Crippen LogP contribution in [0.5, 0.6) is 5.75 Å². The van der Waals surface area contributed by atoms with E-state index < -0.39 is 17.5 Å². The molecule has 0 heterocycles. The maximum absolute atomic E-state index is 13.4. The molecule has 0 saturated carbocycles. The molecule has 0 atom stereocenters. The minimum Gasteiger partial charge on any atom is -0.507 e. The van der Waals surface area contributed by atoms with Gasteiger partial charge < -0.3 is 10.4 Å². The largest absolute Gasteiger partial charge is 0.507 e. The molecule has 2 aromatic rings. The first-order valence-electron chi connectivity index (χ1n) is 5.53. The van der Waals surface area contributed by atoms with Crippen LogP contribution in [0.1, 0.15) is 15.9 Å². The summed E-state index contributed by atoms with van der Waals surface area (Å²) in [7, 11) is 0. The number of carbonyl (C=O) groups excluding carboxylic acids is 1. The number of benzene rings is 2. The first kappa shape index (κ1) is 13.0. The number of amides is 1. The maximum atomic E-state index is 13.4. The molecular formula is C14H11F2NO2. The minimum atomic E-state index is -0.875. The molecule has 0 aliphatic carbocycles. The van der Waals surface area contributed by atoms with Gasteiger partial charge in [-0.15, -0.1) is 0 Å². The quantitative estimate of drug-likeness (QED) is 0.873. The molecule has 0 aromatic heterocycles. The van der Waals surface area contributed by atoms with E-state index in [1.807, 2.05) is 0 Å². The van der Waals surface area contributed by atoms with Crippen molar-refractivity contribution in [2.75, 3.05) is 5.32 Å². The summed E-state index contributed by atoms with van der Waals surface area (Å²) in [5.74, 6) is -2.47. The van der Waals surface area contributed by atoms with Gasteiger partial charge >= 0.3 is 0 Å². The summed E-state index contributed by atoms with van der Waals surface area (Å²) in [5, 5.41) is 11.9. The van der Waals surface area contributed by atoms with Crippen molar-refractivity contribution in [1.29, 1.82) is 0 Å². The number of halogens is 2. The van der Waals surface area contributed by atoms with E-state index in [1.165, 1.54) is 12.1 Å². The first-order chi connectivity index (χ1) is 8.97. The second-order valence-electron chi connectivity index (χ2n) is 4.10. The van der Waals surface area contributed by atoms with Crippen molar-refractivity contribution >= 4 is 11.6 Å². The molecule has 0 fully saturated rings. The van der Waals surface area contributed by atoms with Crippen molar-refractivity contribution in [2.45, 2.75) is 6.92 Å². The van der Waals surface area contributed by atoms with Crippen LogP contribution in [-0.4, -0.2) is 11.0 Å². The van der Waals surface area contributed by atoms with Gasteiger partial charge in [0.25, 0.3) is 5.91 Å². The third kappa shape index (κ3) is 2.88. The third-order valence-electron chi connectivity index (χ3n) is 2.58. The highest BCUT2D eigenvalue weighted by atomic mass is 19.1. The van der Waals surface area contributed by atoms with E-state index in [2.05, 4.69) is 5.32 Å². The fourth-order valence-corrected chi connectivity index (χ4v) is 1.61. The summed E-state index contributed by atoms with van der Waals surface area (Å²) < 4.78 is 26.1. The number of carbonyl (C=O) groups is 1. The second kappa shape index (κ2) is 5.06. The van der Waals surface area contributed by atoms with Crippen LogP contribution >= 0.6 is 0 Å². The van der Waals surface area contributed by atoms with E-state index in [-0.39, 0.29) is 17.0 Å². The molecule has 0 unspecified atom stereocenters. The lowest BCUT2D eigenvalue weighted by Crippen LogP contribution is -2.13. The lowest BCUT2D eigenvalue weighted by atomic mass is 10.1. The highest BCUT2D eigenvalue weighted by Crippen LogP contribution is 2.21. The van der Waals surface area contributed by atoms with Crippen LogP contribution in [-0.2, 0) is 0 Å². The average Bonchev–Trinajstić information content (AvgIpc) is 2.35. The molecule has 3 nitrogen and oxygen atoms in total. The van der Waals surface area contributed by atoms with Crippen molar-refractivity contribution in [3.05, 3.63) is 59.2 Å². The Morgan fingerprint density at radius 2 is 1.89 bits per heavy atom. The molecule has 2 aromatic carbocycles. The standard InChI is InChI=1S/C14H11F2NO2/c1-8-2-5-13(18)10(6-8)14(19)17-12-4-3-9(15)7-11(12)16/h2-7,18H,1H3,(H,17,19). The van der Waals surface area contributed by atoms with Crippen molar-refractivity contribution < 1.29 is 18.7 Å². The van der Waals surface area contributed by atoms with Crippen LogP contribution < -0.4 is 5.32 Å². The summed E-state index contributed by atoms with van der Waals surface area (Å²) in [6.45, 7) is 1.76. The molecule has 0 aliphatic rings.